The number of aliphatic hydroxyl groups excluding tert-OH is 1. The molecule has 1 aliphatic rings. The van der Waals surface area contributed by atoms with E-state index in [-0.39, 0.29) is 24.0 Å². The van der Waals surface area contributed by atoms with Gasteiger partial charge in [-0.2, -0.15) is 0 Å². The minimum Gasteiger partial charge on any atom is -0.462 e. The maximum absolute atomic E-state index is 12.2. The number of carbonyl (C=O) groups excluding carboxylic acids is 2. The molecule has 0 aromatic rings. The predicted molar refractivity (Wildman–Crippen MR) is 80.7 cm³/mol. The van der Waals surface area contributed by atoms with Crippen LogP contribution in [0.25, 0.3) is 0 Å². The molecule has 122 valence electrons. The first-order valence-electron chi connectivity index (χ1n) is 8.08. The molecule has 1 aliphatic heterocycles. The quantitative estimate of drug-likeness (QED) is 0.732. The Morgan fingerprint density at radius 2 is 2.05 bits per heavy atom. The van der Waals surface area contributed by atoms with Gasteiger partial charge >= 0.3 is 5.97 Å². The van der Waals surface area contributed by atoms with Crippen molar-refractivity contribution in [2.75, 3.05) is 6.54 Å². The smallest absolute Gasteiger partial charge is 0.302 e. The van der Waals surface area contributed by atoms with Gasteiger partial charge in [0.05, 0.1) is 6.10 Å². The minimum absolute atomic E-state index is 0.0821. The van der Waals surface area contributed by atoms with Gasteiger partial charge in [0.1, 0.15) is 6.10 Å². The lowest BCUT2D eigenvalue weighted by Gasteiger charge is -2.33. The lowest BCUT2D eigenvalue weighted by atomic mass is 10.0. The molecule has 0 aliphatic carbocycles. The Morgan fingerprint density at radius 1 is 1.33 bits per heavy atom. The summed E-state index contributed by atoms with van der Waals surface area (Å²) in [7, 11) is 0. The van der Waals surface area contributed by atoms with E-state index in [0.717, 1.165) is 32.2 Å². The minimum atomic E-state index is -0.522. The lowest BCUT2D eigenvalue weighted by Crippen LogP contribution is -2.42. The third-order valence-corrected chi connectivity index (χ3v) is 3.99. The molecule has 0 spiro atoms. The van der Waals surface area contributed by atoms with Crippen LogP contribution in [-0.2, 0) is 14.3 Å². The van der Waals surface area contributed by atoms with E-state index in [4.69, 9.17) is 4.74 Å². The summed E-state index contributed by atoms with van der Waals surface area (Å²) in [6.45, 7) is 5.91. The number of amides is 1. The van der Waals surface area contributed by atoms with Crippen molar-refractivity contribution in [3.63, 3.8) is 0 Å². The molecule has 21 heavy (non-hydrogen) atoms. The number of rotatable bonds is 7. The van der Waals surface area contributed by atoms with Gasteiger partial charge in [-0.25, -0.2) is 0 Å². The van der Waals surface area contributed by atoms with Crippen LogP contribution in [-0.4, -0.2) is 46.7 Å². The first kappa shape index (κ1) is 18.0. The summed E-state index contributed by atoms with van der Waals surface area (Å²) in [5.74, 6) is -0.129. The maximum atomic E-state index is 12.2. The third-order valence-electron chi connectivity index (χ3n) is 3.99. The monoisotopic (exact) mass is 299 g/mol. The molecule has 0 aromatic carbocycles. The van der Waals surface area contributed by atoms with E-state index >= 15 is 0 Å². The maximum Gasteiger partial charge on any atom is 0.302 e. The molecule has 1 heterocycles. The van der Waals surface area contributed by atoms with E-state index < -0.39 is 6.10 Å². The summed E-state index contributed by atoms with van der Waals surface area (Å²) in [5.41, 5.74) is 0. The number of hydrogen-bond acceptors (Lipinski definition) is 4. The summed E-state index contributed by atoms with van der Waals surface area (Å²) < 4.78 is 5.31. The van der Waals surface area contributed by atoms with Gasteiger partial charge in [-0.1, -0.05) is 13.3 Å². The fourth-order valence-corrected chi connectivity index (χ4v) is 3.02. The highest BCUT2D eigenvalue weighted by molar-refractivity contribution is 5.76. The van der Waals surface area contributed by atoms with Crippen LogP contribution in [0.4, 0.5) is 0 Å². The highest BCUT2D eigenvalue weighted by Crippen LogP contribution is 2.21. The molecule has 0 saturated carbocycles. The molecule has 5 nitrogen and oxygen atoms in total. The molecule has 1 saturated heterocycles. The molecule has 1 fully saturated rings. The molecule has 3 unspecified atom stereocenters. The normalized spacial score (nSPS) is 20.6. The largest absolute Gasteiger partial charge is 0.462 e. The van der Waals surface area contributed by atoms with E-state index in [1.165, 1.54) is 6.92 Å². The number of nitrogens with zero attached hydrogens (tertiary/aromatic N) is 1. The van der Waals surface area contributed by atoms with Gasteiger partial charge in [-0.05, 0) is 26.2 Å². The molecular formula is C16H29NO4. The molecule has 3 atom stereocenters. The van der Waals surface area contributed by atoms with E-state index in [2.05, 4.69) is 6.92 Å². The number of aliphatic hydroxyl groups is 1. The fourth-order valence-electron chi connectivity index (χ4n) is 3.02. The van der Waals surface area contributed by atoms with E-state index in [0.29, 0.717) is 19.3 Å². The van der Waals surface area contributed by atoms with Crippen LogP contribution in [0.2, 0.25) is 0 Å². The van der Waals surface area contributed by atoms with Gasteiger partial charge in [0.25, 0.3) is 0 Å². The van der Waals surface area contributed by atoms with Crippen molar-refractivity contribution in [3.8, 4) is 0 Å². The topological polar surface area (TPSA) is 66.8 Å². The molecule has 0 radical (unpaired) electrons. The van der Waals surface area contributed by atoms with Gasteiger partial charge < -0.3 is 14.7 Å². The van der Waals surface area contributed by atoms with Crippen LogP contribution in [0.5, 0.6) is 0 Å². The van der Waals surface area contributed by atoms with Crippen molar-refractivity contribution in [2.24, 2.45) is 0 Å². The Kier molecular flexibility index (Phi) is 7.72. The second kappa shape index (κ2) is 9.03. The van der Waals surface area contributed by atoms with Gasteiger partial charge in [0.15, 0.2) is 0 Å². The van der Waals surface area contributed by atoms with Crippen LogP contribution in [0.3, 0.4) is 0 Å². The first-order chi connectivity index (χ1) is 9.93. The van der Waals surface area contributed by atoms with Crippen molar-refractivity contribution in [2.45, 2.75) is 84.0 Å². The van der Waals surface area contributed by atoms with E-state index in [9.17, 15) is 14.7 Å². The number of hydrogen-bond donors (Lipinski definition) is 1. The molecule has 1 N–H and O–H groups in total. The van der Waals surface area contributed by atoms with Gasteiger partial charge in [0, 0.05) is 38.8 Å². The Balaban J connectivity index is 2.70. The number of likely N-dealkylation sites (tertiary alicyclic amines) is 1. The van der Waals surface area contributed by atoms with Crippen LogP contribution in [0.1, 0.15) is 65.7 Å². The Bertz CT molecular complexity index is 343. The Hall–Kier alpha value is -1.10. The van der Waals surface area contributed by atoms with Crippen molar-refractivity contribution in [3.05, 3.63) is 0 Å². The van der Waals surface area contributed by atoms with Gasteiger partial charge in [-0.3, -0.25) is 9.59 Å². The second-order valence-electron chi connectivity index (χ2n) is 6.01. The molecule has 1 amide bonds. The van der Waals surface area contributed by atoms with Crippen LogP contribution < -0.4 is 0 Å². The number of esters is 1. The van der Waals surface area contributed by atoms with Crippen molar-refractivity contribution in [1.29, 1.82) is 0 Å². The third kappa shape index (κ3) is 6.46. The van der Waals surface area contributed by atoms with Crippen LogP contribution in [0.15, 0.2) is 0 Å². The summed E-state index contributed by atoms with van der Waals surface area (Å²) in [4.78, 5) is 25.4. The highest BCUT2D eigenvalue weighted by atomic mass is 16.5. The molecule has 1 rings (SSSR count). The zero-order valence-corrected chi connectivity index (χ0v) is 13.5. The lowest BCUT2D eigenvalue weighted by molar-refractivity contribution is -0.149. The number of carbonyl (C=O) groups is 2. The number of ether oxygens (including phenoxy) is 1. The van der Waals surface area contributed by atoms with Crippen molar-refractivity contribution >= 4 is 11.9 Å². The van der Waals surface area contributed by atoms with Crippen LogP contribution >= 0.6 is 0 Å². The van der Waals surface area contributed by atoms with Crippen molar-refractivity contribution < 1.29 is 19.4 Å². The summed E-state index contributed by atoms with van der Waals surface area (Å²) in [6, 6.07) is 0.0821. The van der Waals surface area contributed by atoms with Crippen LogP contribution in [0, 0.1) is 0 Å². The van der Waals surface area contributed by atoms with Gasteiger partial charge in [0.2, 0.25) is 5.91 Å². The van der Waals surface area contributed by atoms with E-state index in [1.807, 2.05) is 4.90 Å². The van der Waals surface area contributed by atoms with Crippen molar-refractivity contribution in [1.82, 2.24) is 4.90 Å². The molecule has 0 bridgehead atoms. The predicted octanol–water partition coefficient (Wildman–Crippen LogP) is 2.26. The fraction of sp³-hybridized carbons (Fsp3) is 0.875. The summed E-state index contributed by atoms with van der Waals surface area (Å²) in [5, 5.41) is 9.56. The second-order valence-corrected chi connectivity index (χ2v) is 6.01. The highest BCUT2D eigenvalue weighted by Gasteiger charge is 2.27. The summed E-state index contributed by atoms with van der Waals surface area (Å²) in [6.07, 6.45) is 4.72. The first-order valence-corrected chi connectivity index (χ1v) is 8.08. The standard InChI is InChI=1S/C16H29NO4/c1-4-14(17-9-7-5-6-8-16(17)20)11-15(10-12(2)18)21-13(3)19/h12,14-15,18H,4-11H2,1-3H3. The molecule has 0 aromatic heterocycles. The zero-order valence-electron chi connectivity index (χ0n) is 13.5. The Labute approximate surface area is 127 Å². The average Bonchev–Trinajstić information content (AvgIpc) is 2.59. The SMILES string of the molecule is CCC(CC(CC(C)O)OC(C)=O)N1CCCCCC1=O. The van der Waals surface area contributed by atoms with Gasteiger partial charge in [-0.15, -0.1) is 0 Å². The molecule has 5 heteroatoms. The Morgan fingerprint density at radius 3 is 2.62 bits per heavy atom. The van der Waals surface area contributed by atoms with E-state index in [1.54, 1.807) is 6.92 Å². The molecular weight excluding hydrogens is 270 g/mol. The zero-order chi connectivity index (χ0) is 15.8. The average molecular weight is 299 g/mol. The summed E-state index contributed by atoms with van der Waals surface area (Å²) >= 11 is 0.